The summed E-state index contributed by atoms with van der Waals surface area (Å²) in [5, 5.41) is 3.21. The molecule has 0 saturated heterocycles. The largest absolute Gasteiger partial charge is 0.378 e. The second kappa shape index (κ2) is 9.92. The summed E-state index contributed by atoms with van der Waals surface area (Å²) in [6.07, 6.45) is 6.14. The molecule has 124 valence electrons. The number of anilines is 1. The zero-order valence-corrected chi connectivity index (χ0v) is 16.0. The lowest BCUT2D eigenvalue weighted by Gasteiger charge is -2.23. The summed E-state index contributed by atoms with van der Waals surface area (Å²) in [7, 11) is 4.12. The molecule has 0 atom stereocenters. The molecule has 0 amide bonds. The quantitative estimate of drug-likeness (QED) is 0.311. The van der Waals surface area contributed by atoms with Crippen LogP contribution < -0.4 is 16.0 Å². The van der Waals surface area contributed by atoms with Gasteiger partial charge in [0.25, 0.3) is 0 Å². The number of aliphatic imine (C=N–C) groups is 1. The second-order valence-corrected chi connectivity index (χ2v) is 6.11. The molecule has 0 aliphatic heterocycles. The van der Waals surface area contributed by atoms with Crippen LogP contribution in [-0.4, -0.2) is 33.1 Å². The van der Waals surface area contributed by atoms with Gasteiger partial charge in [-0.05, 0) is 49.3 Å². The average molecular weight is 416 g/mol. The lowest BCUT2D eigenvalue weighted by molar-refractivity contribution is 0.326. The Labute approximate surface area is 151 Å². The number of nitrogens with two attached hydrogens (primary N) is 1. The molecule has 0 unspecified atom stereocenters. The lowest BCUT2D eigenvalue weighted by Crippen LogP contribution is -2.33. The summed E-state index contributed by atoms with van der Waals surface area (Å²) >= 11 is 0. The number of rotatable bonds is 7. The molecule has 0 heterocycles. The number of guanidine groups is 1. The van der Waals surface area contributed by atoms with Crippen LogP contribution in [0.2, 0.25) is 0 Å². The van der Waals surface area contributed by atoms with Crippen molar-refractivity contribution in [2.75, 3.05) is 32.1 Å². The van der Waals surface area contributed by atoms with Crippen LogP contribution in [0.3, 0.4) is 0 Å². The summed E-state index contributed by atoms with van der Waals surface area (Å²) in [4.78, 5) is 6.52. The molecule has 1 aromatic carbocycles. The molecule has 1 fully saturated rings. The molecular formula is C17H29IN4. The minimum atomic E-state index is 0. The van der Waals surface area contributed by atoms with Gasteiger partial charge in [-0.2, -0.15) is 0 Å². The van der Waals surface area contributed by atoms with E-state index < -0.39 is 0 Å². The highest BCUT2D eigenvalue weighted by molar-refractivity contribution is 14.0. The lowest BCUT2D eigenvalue weighted by atomic mass is 9.86. The van der Waals surface area contributed by atoms with Crippen molar-refractivity contribution in [2.45, 2.75) is 32.1 Å². The van der Waals surface area contributed by atoms with Gasteiger partial charge in [-0.15, -0.1) is 24.0 Å². The molecule has 0 radical (unpaired) electrons. The zero-order valence-electron chi connectivity index (χ0n) is 13.7. The predicted molar refractivity (Wildman–Crippen MR) is 106 cm³/mol. The number of benzene rings is 1. The molecule has 0 aromatic heterocycles. The number of halogens is 1. The van der Waals surface area contributed by atoms with Crippen molar-refractivity contribution < 1.29 is 0 Å². The number of hydrogen-bond acceptors (Lipinski definition) is 2. The Balaban J connectivity index is 0.00000242. The Morgan fingerprint density at radius 3 is 2.50 bits per heavy atom. The van der Waals surface area contributed by atoms with Gasteiger partial charge in [0.15, 0.2) is 5.96 Å². The Hall–Kier alpha value is -0.980. The van der Waals surface area contributed by atoms with Crippen LogP contribution in [0.5, 0.6) is 0 Å². The van der Waals surface area contributed by atoms with Crippen LogP contribution in [0.4, 0.5) is 5.69 Å². The summed E-state index contributed by atoms with van der Waals surface area (Å²) in [5.74, 6) is 1.38. The van der Waals surface area contributed by atoms with Gasteiger partial charge in [0.05, 0.1) is 0 Å². The summed E-state index contributed by atoms with van der Waals surface area (Å²) in [5.41, 5.74) is 8.47. The first-order valence-electron chi connectivity index (χ1n) is 7.95. The monoisotopic (exact) mass is 416 g/mol. The van der Waals surface area contributed by atoms with Gasteiger partial charge in [-0.3, -0.25) is 4.99 Å². The highest BCUT2D eigenvalue weighted by Gasteiger charge is 2.16. The molecule has 0 bridgehead atoms. The maximum Gasteiger partial charge on any atom is 0.188 e. The van der Waals surface area contributed by atoms with Crippen LogP contribution in [0.15, 0.2) is 29.3 Å². The van der Waals surface area contributed by atoms with Crippen molar-refractivity contribution in [1.29, 1.82) is 0 Å². The molecule has 1 aromatic rings. The van der Waals surface area contributed by atoms with Crippen molar-refractivity contribution in [2.24, 2.45) is 16.6 Å². The molecule has 22 heavy (non-hydrogen) atoms. The average Bonchev–Trinajstić information content (AvgIpc) is 2.42. The molecule has 0 spiro atoms. The van der Waals surface area contributed by atoms with E-state index >= 15 is 0 Å². The first-order valence-corrected chi connectivity index (χ1v) is 7.95. The van der Waals surface area contributed by atoms with Gasteiger partial charge in [0, 0.05) is 32.9 Å². The van der Waals surface area contributed by atoms with Crippen molar-refractivity contribution in [3.8, 4) is 0 Å². The molecule has 1 aliphatic rings. The third-order valence-corrected chi connectivity index (χ3v) is 4.15. The molecule has 1 aliphatic carbocycles. The number of aryl methyl sites for hydroxylation is 1. The Bertz CT molecular complexity index is 452. The van der Waals surface area contributed by atoms with Crippen LogP contribution in [0, 0.1) is 5.92 Å². The SMILES string of the molecule is CN(C)c1ccc(CCCNC(N)=NCC2CCC2)cc1.I. The minimum absolute atomic E-state index is 0. The first kappa shape index (κ1) is 19.1. The van der Waals surface area contributed by atoms with E-state index in [2.05, 4.69) is 53.6 Å². The van der Waals surface area contributed by atoms with E-state index in [0.717, 1.165) is 31.8 Å². The number of nitrogens with zero attached hydrogens (tertiary/aromatic N) is 2. The van der Waals surface area contributed by atoms with Gasteiger partial charge in [0.2, 0.25) is 0 Å². The number of nitrogens with one attached hydrogen (secondary N) is 1. The summed E-state index contributed by atoms with van der Waals surface area (Å²) in [6.45, 7) is 1.78. The Kier molecular flexibility index (Phi) is 8.60. The van der Waals surface area contributed by atoms with Crippen molar-refractivity contribution >= 4 is 35.6 Å². The standard InChI is InChI=1S/C17H28N4.HI/c1-21(2)16-10-8-14(9-11-16)7-4-12-19-17(18)20-13-15-5-3-6-15;/h8-11,15H,3-7,12-13H2,1-2H3,(H3,18,19,20);1H. The van der Waals surface area contributed by atoms with E-state index in [-0.39, 0.29) is 24.0 Å². The molecule has 4 nitrogen and oxygen atoms in total. The predicted octanol–water partition coefficient (Wildman–Crippen LogP) is 3.01. The fourth-order valence-corrected chi connectivity index (χ4v) is 2.43. The van der Waals surface area contributed by atoms with E-state index in [0.29, 0.717) is 5.96 Å². The third-order valence-electron chi connectivity index (χ3n) is 4.15. The molecule has 2 rings (SSSR count). The van der Waals surface area contributed by atoms with Crippen LogP contribution >= 0.6 is 24.0 Å². The van der Waals surface area contributed by atoms with E-state index in [1.54, 1.807) is 0 Å². The van der Waals surface area contributed by atoms with Crippen LogP contribution in [0.1, 0.15) is 31.2 Å². The van der Waals surface area contributed by atoms with E-state index in [1.165, 1.54) is 30.5 Å². The Morgan fingerprint density at radius 1 is 1.27 bits per heavy atom. The summed E-state index contributed by atoms with van der Waals surface area (Å²) < 4.78 is 0. The van der Waals surface area contributed by atoms with Crippen molar-refractivity contribution in [3.05, 3.63) is 29.8 Å². The maximum absolute atomic E-state index is 5.87. The van der Waals surface area contributed by atoms with Gasteiger partial charge >= 0.3 is 0 Å². The van der Waals surface area contributed by atoms with Crippen molar-refractivity contribution in [1.82, 2.24) is 5.32 Å². The fourth-order valence-electron chi connectivity index (χ4n) is 2.43. The normalized spacial score (nSPS) is 14.9. The van der Waals surface area contributed by atoms with Crippen LogP contribution in [-0.2, 0) is 6.42 Å². The van der Waals surface area contributed by atoms with Gasteiger partial charge < -0.3 is 16.0 Å². The van der Waals surface area contributed by atoms with E-state index in [4.69, 9.17) is 5.73 Å². The maximum atomic E-state index is 5.87. The highest BCUT2D eigenvalue weighted by Crippen LogP contribution is 2.26. The number of hydrogen-bond donors (Lipinski definition) is 2. The van der Waals surface area contributed by atoms with E-state index in [1.807, 2.05) is 0 Å². The second-order valence-electron chi connectivity index (χ2n) is 6.11. The molecule has 1 saturated carbocycles. The highest BCUT2D eigenvalue weighted by atomic mass is 127. The van der Waals surface area contributed by atoms with Crippen LogP contribution in [0.25, 0.3) is 0 Å². The van der Waals surface area contributed by atoms with Crippen molar-refractivity contribution in [3.63, 3.8) is 0 Å². The molecular weight excluding hydrogens is 387 g/mol. The van der Waals surface area contributed by atoms with Gasteiger partial charge in [0.1, 0.15) is 0 Å². The smallest absolute Gasteiger partial charge is 0.188 e. The molecule has 5 heteroatoms. The topological polar surface area (TPSA) is 53.6 Å². The minimum Gasteiger partial charge on any atom is -0.378 e. The van der Waals surface area contributed by atoms with Gasteiger partial charge in [-0.1, -0.05) is 18.6 Å². The first-order chi connectivity index (χ1) is 10.1. The van der Waals surface area contributed by atoms with E-state index in [9.17, 15) is 0 Å². The molecule has 3 N–H and O–H groups in total. The van der Waals surface area contributed by atoms with Gasteiger partial charge in [-0.25, -0.2) is 0 Å². The fraction of sp³-hybridized carbons (Fsp3) is 0.588. The summed E-state index contributed by atoms with van der Waals surface area (Å²) in [6, 6.07) is 8.72. The zero-order chi connectivity index (χ0) is 15.1. The third kappa shape index (κ3) is 6.42. The Morgan fingerprint density at radius 2 is 1.95 bits per heavy atom.